The minimum absolute atomic E-state index is 0.00849. The standard InChI is InChI=1S/C24H26O5/c1-27-21-13-15-23(28-2)19(16-21)10-14-22(25)17-8-11-20(12-9-17)29-24(26)18-6-4-3-5-7-18/h8-16,18H,3-7H2,1-2H3/b14-10+. The number of hydrogen-bond donors (Lipinski definition) is 0. The predicted molar refractivity (Wildman–Crippen MR) is 112 cm³/mol. The predicted octanol–water partition coefficient (Wildman–Crippen LogP) is 5.09. The second kappa shape index (κ2) is 9.92. The summed E-state index contributed by atoms with van der Waals surface area (Å²) in [5.41, 5.74) is 1.26. The molecule has 0 radical (unpaired) electrons. The maximum absolute atomic E-state index is 12.5. The molecule has 152 valence electrons. The number of rotatable bonds is 7. The lowest BCUT2D eigenvalue weighted by Gasteiger charge is -2.19. The Morgan fingerprint density at radius 1 is 0.897 bits per heavy atom. The number of ether oxygens (including phenoxy) is 3. The van der Waals surface area contributed by atoms with E-state index in [2.05, 4.69) is 0 Å². The molecular formula is C24H26O5. The van der Waals surface area contributed by atoms with E-state index in [0.717, 1.165) is 31.2 Å². The number of esters is 1. The first-order valence-electron chi connectivity index (χ1n) is 9.87. The van der Waals surface area contributed by atoms with Crippen molar-refractivity contribution < 1.29 is 23.8 Å². The molecular weight excluding hydrogens is 368 g/mol. The van der Waals surface area contributed by atoms with Crippen LogP contribution in [0.2, 0.25) is 0 Å². The van der Waals surface area contributed by atoms with Gasteiger partial charge in [0, 0.05) is 11.1 Å². The molecule has 0 heterocycles. The summed E-state index contributed by atoms with van der Waals surface area (Å²) in [7, 11) is 3.16. The minimum Gasteiger partial charge on any atom is -0.497 e. The van der Waals surface area contributed by atoms with Crippen LogP contribution in [0.5, 0.6) is 17.2 Å². The Labute approximate surface area is 171 Å². The lowest BCUT2D eigenvalue weighted by atomic mass is 9.89. The van der Waals surface area contributed by atoms with E-state index in [-0.39, 0.29) is 17.7 Å². The highest BCUT2D eigenvalue weighted by Crippen LogP contribution is 2.27. The molecule has 29 heavy (non-hydrogen) atoms. The molecule has 0 aliphatic heterocycles. The van der Waals surface area contributed by atoms with Gasteiger partial charge in [0.1, 0.15) is 17.2 Å². The first kappa shape index (κ1) is 20.6. The van der Waals surface area contributed by atoms with E-state index in [1.54, 1.807) is 62.8 Å². The van der Waals surface area contributed by atoms with Crippen molar-refractivity contribution in [3.8, 4) is 17.2 Å². The number of ketones is 1. The topological polar surface area (TPSA) is 61.8 Å². The van der Waals surface area contributed by atoms with Gasteiger partial charge in [-0.1, -0.05) is 19.3 Å². The van der Waals surface area contributed by atoms with E-state index in [9.17, 15) is 9.59 Å². The second-order valence-electron chi connectivity index (χ2n) is 7.09. The third-order valence-electron chi connectivity index (χ3n) is 5.15. The van der Waals surface area contributed by atoms with E-state index in [4.69, 9.17) is 14.2 Å². The molecule has 2 aromatic rings. The molecule has 2 aromatic carbocycles. The largest absolute Gasteiger partial charge is 0.497 e. The third kappa shape index (κ3) is 5.47. The third-order valence-corrected chi connectivity index (χ3v) is 5.15. The van der Waals surface area contributed by atoms with Crippen molar-refractivity contribution in [2.45, 2.75) is 32.1 Å². The van der Waals surface area contributed by atoms with Crippen LogP contribution in [-0.2, 0) is 4.79 Å². The zero-order chi connectivity index (χ0) is 20.6. The van der Waals surface area contributed by atoms with Crippen LogP contribution in [0, 0.1) is 5.92 Å². The molecule has 0 aromatic heterocycles. The molecule has 1 saturated carbocycles. The molecule has 1 aliphatic carbocycles. The lowest BCUT2D eigenvalue weighted by molar-refractivity contribution is -0.139. The molecule has 0 amide bonds. The molecule has 1 aliphatic rings. The van der Waals surface area contributed by atoms with Crippen molar-refractivity contribution in [2.24, 2.45) is 5.92 Å². The fourth-order valence-electron chi connectivity index (χ4n) is 3.46. The lowest BCUT2D eigenvalue weighted by Crippen LogP contribution is -2.22. The molecule has 0 bridgehead atoms. The van der Waals surface area contributed by atoms with E-state index in [0.29, 0.717) is 22.8 Å². The van der Waals surface area contributed by atoms with Crippen molar-refractivity contribution in [1.82, 2.24) is 0 Å². The fraction of sp³-hybridized carbons (Fsp3) is 0.333. The molecule has 0 unspecified atom stereocenters. The monoisotopic (exact) mass is 394 g/mol. The molecule has 0 spiro atoms. The summed E-state index contributed by atoms with van der Waals surface area (Å²) in [5, 5.41) is 0. The normalized spacial score (nSPS) is 14.6. The number of carbonyl (C=O) groups excluding carboxylic acids is 2. The van der Waals surface area contributed by atoms with Crippen LogP contribution in [0.25, 0.3) is 6.08 Å². The summed E-state index contributed by atoms with van der Waals surface area (Å²) >= 11 is 0. The first-order chi connectivity index (χ1) is 14.1. The van der Waals surface area contributed by atoms with Crippen molar-refractivity contribution in [1.29, 1.82) is 0 Å². The van der Waals surface area contributed by atoms with Crippen LogP contribution in [0.3, 0.4) is 0 Å². The summed E-state index contributed by atoms with van der Waals surface area (Å²) < 4.78 is 16.0. The summed E-state index contributed by atoms with van der Waals surface area (Å²) in [5.74, 6) is 1.47. The second-order valence-corrected chi connectivity index (χ2v) is 7.09. The van der Waals surface area contributed by atoms with Crippen molar-refractivity contribution in [2.75, 3.05) is 14.2 Å². The Hall–Kier alpha value is -3.08. The minimum atomic E-state index is -0.172. The molecule has 1 fully saturated rings. The highest BCUT2D eigenvalue weighted by molar-refractivity contribution is 6.07. The summed E-state index contributed by atoms with van der Waals surface area (Å²) in [6, 6.07) is 12.0. The van der Waals surface area contributed by atoms with Gasteiger partial charge in [-0.2, -0.15) is 0 Å². The van der Waals surface area contributed by atoms with Gasteiger partial charge in [0.25, 0.3) is 0 Å². The number of hydrogen-bond acceptors (Lipinski definition) is 5. The van der Waals surface area contributed by atoms with Crippen LogP contribution in [0.1, 0.15) is 48.0 Å². The van der Waals surface area contributed by atoms with Gasteiger partial charge < -0.3 is 14.2 Å². The number of carbonyl (C=O) groups is 2. The van der Waals surface area contributed by atoms with Crippen LogP contribution in [0.4, 0.5) is 0 Å². The summed E-state index contributed by atoms with van der Waals surface area (Å²) in [6.45, 7) is 0. The Morgan fingerprint density at radius 2 is 1.59 bits per heavy atom. The van der Waals surface area contributed by atoms with Crippen LogP contribution >= 0.6 is 0 Å². The molecule has 5 heteroatoms. The molecule has 3 rings (SSSR count). The SMILES string of the molecule is COc1ccc(OC)c(/C=C/C(=O)c2ccc(OC(=O)C3CCCCC3)cc2)c1. The Morgan fingerprint density at radius 3 is 2.24 bits per heavy atom. The number of methoxy groups -OCH3 is 2. The van der Waals surface area contributed by atoms with Crippen molar-refractivity contribution >= 4 is 17.8 Å². The van der Waals surface area contributed by atoms with Crippen LogP contribution in [-0.4, -0.2) is 26.0 Å². The highest BCUT2D eigenvalue weighted by atomic mass is 16.5. The number of allylic oxidation sites excluding steroid dienone is 1. The quantitative estimate of drug-likeness (QED) is 0.283. The van der Waals surface area contributed by atoms with Crippen LogP contribution in [0.15, 0.2) is 48.5 Å². The summed E-state index contributed by atoms with van der Waals surface area (Å²) in [6.07, 6.45) is 8.33. The van der Waals surface area contributed by atoms with E-state index >= 15 is 0 Å². The number of benzene rings is 2. The highest BCUT2D eigenvalue weighted by Gasteiger charge is 2.23. The van der Waals surface area contributed by atoms with Crippen molar-refractivity contribution in [3.63, 3.8) is 0 Å². The first-order valence-corrected chi connectivity index (χ1v) is 9.87. The Bertz CT molecular complexity index is 877. The molecule has 5 nitrogen and oxygen atoms in total. The Balaban J connectivity index is 1.64. The molecule has 0 N–H and O–H groups in total. The maximum atomic E-state index is 12.5. The van der Waals surface area contributed by atoms with Gasteiger partial charge in [-0.3, -0.25) is 9.59 Å². The van der Waals surface area contributed by atoms with E-state index in [1.165, 1.54) is 12.5 Å². The van der Waals surface area contributed by atoms with Gasteiger partial charge in [0.2, 0.25) is 0 Å². The zero-order valence-corrected chi connectivity index (χ0v) is 16.9. The average molecular weight is 394 g/mol. The molecule has 0 saturated heterocycles. The van der Waals surface area contributed by atoms with E-state index in [1.807, 2.05) is 0 Å². The molecule has 0 atom stereocenters. The fourth-order valence-corrected chi connectivity index (χ4v) is 3.46. The van der Waals surface area contributed by atoms with Gasteiger partial charge >= 0.3 is 5.97 Å². The van der Waals surface area contributed by atoms with Gasteiger partial charge in [-0.15, -0.1) is 0 Å². The average Bonchev–Trinajstić information content (AvgIpc) is 2.78. The Kier molecular flexibility index (Phi) is 7.06. The van der Waals surface area contributed by atoms with Gasteiger partial charge in [0.05, 0.1) is 20.1 Å². The van der Waals surface area contributed by atoms with Gasteiger partial charge in [-0.25, -0.2) is 0 Å². The van der Waals surface area contributed by atoms with Gasteiger partial charge in [0.15, 0.2) is 5.78 Å². The zero-order valence-electron chi connectivity index (χ0n) is 16.9. The van der Waals surface area contributed by atoms with Crippen LogP contribution < -0.4 is 14.2 Å². The van der Waals surface area contributed by atoms with Crippen molar-refractivity contribution in [3.05, 3.63) is 59.7 Å². The maximum Gasteiger partial charge on any atom is 0.314 e. The summed E-state index contributed by atoms with van der Waals surface area (Å²) in [4.78, 5) is 24.7. The van der Waals surface area contributed by atoms with Gasteiger partial charge in [-0.05, 0) is 67.5 Å². The smallest absolute Gasteiger partial charge is 0.314 e. The van der Waals surface area contributed by atoms with E-state index < -0.39 is 0 Å².